The Morgan fingerprint density at radius 3 is 2.20 bits per heavy atom. The summed E-state index contributed by atoms with van der Waals surface area (Å²) >= 11 is 0. The maximum absolute atomic E-state index is 7.17. The average Bonchev–Trinajstić information content (AvgIpc) is 1.82. The van der Waals surface area contributed by atoms with Crippen molar-refractivity contribution in [1.29, 1.82) is 0 Å². The molecule has 0 aliphatic carbocycles. The number of aromatic nitrogens is 3. The first-order chi connectivity index (χ1) is 5.39. The Labute approximate surface area is 63.4 Å². The predicted octanol–water partition coefficient (Wildman–Crippen LogP) is 1.17. The van der Waals surface area contributed by atoms with Gasteiger partial charge in [-0.05, 0) is 0 Å². The minimum Gasteiger partial charge on any atom is -0.225 e. The lowest BCUT2D eigenvalue weighted by atomic mass is 9.96. The summed E-state index contributed by atoms with van der Waals surface area (Å²) in [7, 11) is 0. The second kappa shape index (κ2) is 2.33. The SMILES string of the molecule is [2H]c1nc([2H])nc(C(C)(C)C)n1. The van der Waals surface area contributed by atoms with Crippen LogP contribution in [0.5, 0.6) is 0 Å². The quantitative estimate of drug-likeness (QED) is 0.541. The molecule has 1 aromatic heterocycles. The van der Waals surface area contributed by atoms with E-state index in [1.807, 2.05) is 20.8 Å². The molecule has 0 aromatic carbocycles. The molecule has 0 unspecified atom stereocenters. The Balaban J connectivity index is 3.18. The molecule has 54 valence electrons. The first kappa shape index (κ1) is 4.77. The number of rotatable bonds is 0. The Kier molecular flexibility index (Phi) is 1.11. The molecule has 0 radical (unpaired) electrons. The monoisotopic (exact) mass is 139 g/mol. The Morgan fingerprint density at radius 1 is 1.30 bits per heavy atom. The van der Waals surface area contributed by atoms with Gasteiger partial charge in [0, 0.05) is 5.41 Å². The van der Waals surface area contributed by atoms with Crippen LogP contribution in [0.15, 0.2) is 12.6 Å². The molecule has 0 aliphatic rings. The summed E-state index contributed by atoms with van der Waals surface area (Å²) < 4.78 is 14.3. The lowest BCUT2D eigenvalue weighted by Gasteiger charge is -2.14. The van der Waals surface area contributed by atoms with E-state index in [2.05, 4.69) is 15.0 Å². The Morgan fingerprint density at radius 2 is 1.80 bits per heavy atom. The standard InChI is InChI=1S/C7H11N3/c1-7(2,3)6-9-4-8-5-10-6/h4-5H,1-3H3/i4D,5D. The van der Waals surface area contributed by atoms with E-state index in [1.165, 1.54) is 0 Å². The fourth-order valence-electron chi connectivity index (χ4n) is 0.527. The smallest absolute Gasteiger partial charge is 0.137 e. The summed E-state index contributed by atoms with van der Waals surface area (Å²) in [5.74, 6) is 0.493. The van der Waals surface area contributed by atoms with Crippen LogP contribution in [-0.2, 0) is 5.41 Å². The largest absolute Gasteiger partial charge is 0.225 e. The van der Waals surface area contributed by atoms with Crippen molar-refractivity contribution in [1.82, 2.24) is 15.0 Å². The zero-order valence-corrected chi connectivity index (χ0v) is 6.34. The molecule has 3 nitrogen and oxygen atoms in total. The van der Waals surface area contributed by atoms with Gasteiger partial charge < -0.3 is 0 Å². The second-order valence-electron chi connectivity index (χ2n) is 3.11. The molecule has 1 rings (SSSR count). The van der Waals surface area contributed by atoms with Crippen molar-refractivity contribution in [3.05, 3.63) is 18.4 Å². The van der Waals surface area contributed by atoms with Crippen LogP contribution in [0.25, 0.3) is 0 Å². The first-order valence-corrected chi connectivity index (χ1v) is 3.09. The van der Waals surface area contributed by atoms with Gasteiger partial charge in [-0.3, -0.25) is 0 Å². The van der Waals surface area contributed by atoms with Crippen molar-refractivity contribution >= 4 is 0 Å². The van der Waals surface area contributed by atoms with Gasteiger partial charge in [-0.15, -0.1) is 0 Å². The highest BCUT2D eigenvalue weighted by Gasteiger charge is 2.15. The molecule has 10 heavy (non-hydrogen) atoms. The lowest BCUT2D eigenvalue weighted by Crippen LogP contribution is -2.15. The molecule has 0 saturated heterocycles. The van der Waals surface area contributed by atoms with Gasteiger partial charge in [0.25, 0.3) is 0 Å². The molecule has 0 saturated carbocycles. The molecule has 1 aromatic rings. The van der Waals surface area contributed by atoms with E-state index < -0.39 is 0 Å². The van der Waals surface area contributed by atoms with Crippen molar-refractivity contribution < 1.29 is 2.74 Å². The van der Waals surface area contributed by atoms with Gasteiger partial charge >= 0.3 is 0 Å². The lowest BCUT2D eigenvalue weighted by molar-refractivity contribution is 0.541. The maximum Gasteiger partial charge on any atom is 0.137 e. The minimum atomic E-state index is -0.228. The Hall–Kier alpha value is -0.990. The normalized spacial score (nSPS) is 14.3. The highest BCUT2D eigenvalue weighted by molar-refractivity contribution is 4.97. The van der Waals surface area contributed by atoms with Crippen molar-refractivity contribution in [2.75, 3.05) is 0 Å². The van der Waals surface area contributed by atoms with Crippen LogP contribution in [-0.4, -0.2) is 15.0 Å². The molecule has 0 spiro atoms. The molecule has 0 fully saturated rings. The topological polar surface area (TPSA) is 38.7 Å². The van der Waals surface area contributed by atoms with Crippen molar-refractivity contribution in [3.63, 3.8) is 0 Å². The van der Waals surface area contributed by atoms with Gasteiger partial charge in [0.15, 0.2) is 0 Å². The summed E-state index contributed by atoms with van der Waals surface area (Å²) in [5.41, 5.74) is -0.228. The number of nitrogens with zero attached hydrogens (tertiary/aromatic N) is 3. The molecule has 3 heteroatoms. The van der Waals surface area contributed by atoms with Crippen LogP contribution in [0, 0.1) is 0 Å². The third-order valence-corrected chi connectivity index (χ3v) is 1.08. The van der Waals surface area contributed by atoms with E-state index >= 15 is 0 Å². The molecule has 0 bridgehead atoms. The zero-order chi connectivity index (χ0) is 9.35. The van der Waals surface area contributed by atoms with Crippen LogP contribution >= 0.6 is 0 Å². The third-order valence-electron chi connectivity index (χ3n) is 1.08. The van der Waals surface area contributed by atoms with Crippen LogP contribution < -0.4 is 0 Å². The fraction of sp³-hybridized carbons (Fsp3) is 0.571. The molecule has 0 atom stereocenters. The van der Waals surface area contributed by atoms with Crippen molar-refractivity contribution in [2.45, 2.75) is 26.2 Å². The average molecular weight is 139 g/mol. The zero-order valence-electron chi connectivity index (χ0n) is 8.34. The molecule has 1 heterocycles. The highest BCUT2D eigenvalue weighted by Crippen LogP contribution is 2.15. The summed E-state index contributed by atoms with van der Waals surface area (Å²) in [6, 6.07) is 0. The van der Waals surface area contributed by atoms with Gasteiger partial charge in [0.1, 0.15) is 21.2 Å². The number of hydrogen-bond acceptors (Lipinski definition) is 3. The summed E-state index contributed by atoms with van der Waals surface area (Å²) in [6.45, 7) is 5.80. The molecular formula is C7H11N3. The third kappa shape index (κ3) is 1.50. The van der Waals surface area contributed by atoms with Crippen LogP contribution in [0.2, 0.25) is 0 Å². The van der Waals surface area contributed by atoms with Gasteiger partial charge in [-0.2, -0.15) is 0 Å². The first-order valence-electron chi connectivity index (χ1n) is 4.09. The maximum atomic E-state index is 7.17. The van der Waals surface area contributed by atoms with Crippen LogP contribution in [0.3, 0.4) is 0 Å². The van der Waals surface area contributed by atoms with Crippen LogP contribution in [0.1, 0.15) is 29.3 Å². The second-order valence-corrected chi connectivity index (χ2v) is 3.11. The van der Waals surface area contributed by atoms with E-state index in [9.17, 15) is 0 Å². The van der Waals surface area contributed by atoms with Crippen LogP contribution in [0.4, 0.5) is 0 Å². The van der Waals surface area contributed by atoms with E-state index in [-0.39, 0.29) is 18.0 Å². The van der Waals surface area contributed by atoms with Gasteiger partial charge in [0.2, 0.25) is 0 Å². The highest BCUT2D eigenvalue weighted by atomic mass is 15.0. The minimum absolute atomic E-state index is 0.139. The van der Waals surface area contributed by atoms with E-state index in [0.29, 0.717) is 5.82 Å². The van der Waals surface area contributed by atoms with Gasteiger partial charge in [-0.25, -0.2) is 15.0 Å². The molecular weight excluding hydrogens is 126 g/mol. The molecule has 0 amide bonds. The van der Waals surface area contributed by atoms with E-state index in [0.717, 1.165) is 0 Å². The van der Waals surface area contributed by atoms with E-state index in [4.69, 9.17) is 2.74 Å². The number of hydrogen-bond donors (Lipinski definition) is 0. The fourth-order valence-corrected chi connectivity index (χ4v) is 0.527. The van der Waals surface area contributed by atoms with E-state index in [1.54, 1.807) is 0 Å². The summed E-state index contributed by atoms with van der Waals surface area (Å²) in [6.07, 6.45) is -0.278. The Bertz CT molecular complexity index is 273. The summed E-state index contributed by atoms with van der Waals surface area (Å²) in [5, 5.41) is 0. The van der Waals surface area contributed by atoms with Gasteiger partial charge in [0.05, 0.1) is 0 Å². The van der Waals surface area contributed by atoms with Gasteiger partial charge in [-0.1, -0.05) is 20.8 Å². The van der Waals surface area contributed by atoms with Crippen molar-refractivity contribution in [3.8, 4) is 0 Å². The molecule has 0 aliphatic heterocycles. The predicted molar refractivity (Wildman–Crippen MR) is 38.5 cm³/mol. The summed E-state index contributed by atoms with van der Waals surface area (Å²) in [4.78, 5) is 11.1. The van der Waals surface area contributed by atoms with Crippen molar-refractivity contribution in [2.24, 2.45) is 0 Å². The molecule has 0 N–H and O–H groups in total.